The Balaban J connectivity index is 1.33. The molecule has 0 aromatic heterocycles. The Kier molecular flexibility index (Phi) is 7.96. The molecule has 2 aliphatic heterocycles. The maximum Gasteiger partial charge on any atom is 0.317 e. The van der Waals surface area contributed by atoms with Crippen LogP contribution in [0.3, 0.4) is 0 Å². The van der Waals surface area contributed by atoms with E-state index in [0.29, 0.717) is 12.3 Å². The Morgan fingerprint density at radius 1 is 1.04 bits per heavy atom. The number of aliphatic hydroxyl groups is 1. The van der Waals surface area contributed by atoms with Gasteiger partial charge in [0.05, 0.1) is 0 Å². The average Bonchev–Trinajstić information content (AvgIpc) is 2.71. The molecule has 5 heteroatoms. The molecular formula is C22H35N3O2. The van der Waals surface area contributed by atoms with Crippen LogP contribution in [-0.2, 0) is 6.54 Å². The van der Waals surface area contributed by atoms with Crippen molar-refractivity contribution >= 4 is 6.03 Å². The van der Waals surface area contributed by atoms with Gasteiger partial charge >= 0.3 is 6.03 Å². The quantitative estimate of drug-likeness (QED) is 0.771. The van der Waals surface area contributed by atoms with E-state index in [-0.39, 0.29) is 18.7 Å². The van der Waals surface area contributed by atoms with E-state index in [1.807, 2.05) is 4.90 Å². The Labute approximate surface area is 163 Å². The van der Waals surface area contributed by atoms with Gasteiger partial charge in [-0.25, -0.2) is 4.79 Å². The third-order valence-corrected chi connectivity index (χ3v) is 6.14. The molecule has 2 heterocycles. The van der Waals surface area contributed by atoms with E-state index in [9.17, 15) is 9.90 Å². The Morgan fingerprint density at radius 2 is 1.81 bits per heavy atom. The van der Waals surface area contributed by atoms with Crippen molar-refractivity contribution in [2.45, 2.75) is 57.5 Å². The summed E-state index contributed by atoms with van der Waals surface area (Å²) in [5, 5.41) is 12.3. The van der Waals surface area contributed by atoms with Crippen molar-refractivity contribution in [1.82, 2.24) is 15.1 Å². The molecular weight excluding hydrogens is 338 g/mol. The summed E-state index contributed by atoms with van der Waals surface area (Å²) in [7, 11) is 0. The molecule has 0 spiro atoms. The van der Waals surface area contributed by atoms with Gasteiger partial charge in [0.25, 0.3) is 0 Å². The number of urea groups is 1. The number of aliphatic hydroxyl groups excluding tert-OH is 1. The first-order valence-electron chi connectivity index (χ1n) is 10.7. The molecule has 3 rings (SSSR count). The fraction of sp³-hybridized carbons (Fsp3) is 0.682. The molecule has 150 valence electrons. The Hall–Kier alpha value is -1.59. The monoisotopic (exact) mass is 373 g/mol. The average molecular weight is 374 g/mol. The molecule has 2 N–H and O–H groups in total. The minimum atomic E-state index is 0.0645. The summed E-state index contributed by atoms with van der Waals surface area (Å²) in [4.78, 5) is 17.0. The highest BCUT2D eigenvalue weighted by Gasteiger charge is 2.26. The second-order valence-electron chi connectivity index (χ2n) is 8.08. The van der Waals surface area contributed by atoms with Crippen LogP contribution in [0.4, 0.5) is 4.79 Å². The number of carbonyl (C=O) groups is 1. The highest BCUT2D eigenvalue weighted by molar-refractivity contribution is 5.74. The Bertz CT molecular complexity index is 556. The van der Waals surface area contributed by atoms with Gasteiger partial charge in [-0.3, -0.25) is 4.90 Å². The molecule has 2 fully saturated rings. The zero-order chi connectivity index (χ0) is 18.9. The van der Waals surface area contributed by atoms with Gasteiger partial charge < -0.3 is 15.3 Å². The fourth-order valence-corrected chi connectivity index (χ4v) is 4.48. The lowest BCUT2D eigenvalue weighted by molar-refractivity contribution is 0.130. The first-order valence-corrected chi connectivity index (χ1v) is 10.7. The van der Waals surface area contributed by atoms with Crippen LogP contribution in [0.15, 0.2) is 30.3 Å². The van der Waals surface area contributed by atoms with Gasteiger partial charge in [0, 0.05) is 32.3 Å². The summed E-state index contributed by atoms with van der Waals surface area (Å²) >= 11 is 0. The molecule has 1 aromatic rings. The standard InChI is InChI=1S/C22H35N3O2/c26-17-12-21-8-4-5-14-25(21)22(27)23-13-9-19-10-15-24(16-11-19)18-20-6-2-1-3-7-20/h1-3,6-7,19,21,26H,4-5,8-18H2,(H,23,27)/t21-/m1/s1. The van der Waals surface area contributed by atoms with Gasteiger partial charge in [-0.2, -0.15) is 0 Å². The van der Waals surface area contributed by atoms with E-state index < -0.39 is 0 Å². The van der Waals surface area contributed by atoms with Crippen LogP contribution in [0.25, 0.3) is 0 Å². The van der Waals surface area contributed by atoms with Crippen molar-refractivity contribution in [2.24, 2.45) is 5.92 Å². The second-order valence-corrected chi connectivity index (χ2v) is 8.08. The van der Waals surface area contributed by atoms with Crippen molar-refractivity contribution in [3.63, 3.8) is 0 Å². The molecule has 0 bridgehead atoms. The van der Waals surface area contributed by atoms with E-state index in [1.165, 1.54) is 18.4 Å². The number of rotatable bonds is 7. The smallest absolute Gasteiger partial charge is 0.317 e. The van der Waals surface area contributed by atoms with Crippen LogP contribution in [0.1, 0.15) is 50.5 Å². The number of hydrogen-bond donors (Lipinski definition) is 2. The van der Waals surface area contributed by atoms with E-state index >= 15 is 0 Å². The number of nitrogens with one attached hydrogen (secondary N) is 1. The zero-order valence-corrected chi connectivity index (χ0v) is 16.5. The molecule has 2 aliphatic rings. The van der Waals surface area contributed by atoms with Crippen LogP contribution in [0.5, 0.6) is 0 Å². The lowest BCUT2D eigenvalue weighted by Gasteiger charge is -2.36. The molecule has 2 saturated heterocycles. The number of amides is 2. The van der Waals surface area contributed by atoms with Gasteiger partial charge in [0.15, 0.2) is 0 Å². The SMILES string of the molecule is O=C(NCCC1CCN(Cc2ccccc2)CC1)N1CCCC[C@@H]1CCO. The molecule has 1 aromatic carbocycles. The lowest BCUT2D eigenvalue weighted by Crippen LogP contribution is -2.49. The number of nitrogens with zero attached hydrogens (tertiary/aromatic N) is 2. The summed E-state index contributed by atoms with van der Waals surface area (Å²) in [5.41, 5.74) is 1.39. The van der Waals surface area contributed by atoms with Gasteiger partial charge in [-0.15, -0.1) is 0 Å². The van der Waals surface area contributed by atoms with Crippen molar-refractivity contribution in [3.05, 3.63) is 35.9 Å². The van der Waals surface area contributed by atoms with Crippen LogP contribution in [0, 0.1) is 5.92 Å². The van der Waals surface area contributed by atoms with Crippen molar-refractivity contribution in [2.75, 3.05) is 32.8 Å². The molecule has 0 unspecified atom stereocenters. The van der Waals surface area contributed by atoms with E-state index in [2.05, 4.69) is 40.5 Å². The first kappa shape index (κ1) is 20.2. The van der Waals surface area contributed by atoms with E-state index in [1.54, 1.807) is 0 Å². The Morgan fingerprint density at radius 3 is 2.56 bits per heavy atom. The van der Waals surface area contributed by atoms with Crippen LogP contribution in [0.2, 0.25) is 0 Å². The third kappa shape index (κ3) is 6.22. The minimum Gasteiger partial charge on any atom is -0.396 e. The number of hydrogen-bond acceptors (Lipinski definition) is 3. The minimum absolute atomic E-state index is 0.0645. The molecule has 27 heavy (non-hydrogen) atoms. The zero-order valence-electron chi connectivity index (χ0n) is 16.5. The fourth-order valence-electron chi connectivity index (χ4n) is 4.48. The number of carbonyl (C=O) groups excluding carboxylic acids is 1. The summed E-state index contributed by atoms with van der Waals surface area (Å²) < 4.78 is 0. The predicted octanol–water partition coefficient (Wildman–Crippen LogP) is 3.24. The molecule has 0 aliphatic carbocycles. The maximum absolute atomic E-state index is 12.5. The topological polar surface area (TPSA) is 55.8 Å². The summed E-state index contributed by atoms with van der Waals surface area (Å²) in [6.07, 6.45) is 7.48. The van der Waals surface area contributed by atoms with Crippen molar-refractivity contribution in [1.29, 1.82) is 0 Å². The molecule has 0 saturated carbocycles. The van der Waals surface area contributed by atoms with Gasteiger partial charge in [-0.1, -0.05) is 30.3 Å². The second kappa shape index (κ2) is 10.7. The van der Waals surface area contributed by atoms with E-state index in [0.717, 1.165) is 58.4 Å². The molecule has 1 atom stereocenters. The molecule has 5 nitrogen and oxygen atoms in total. The highest BCUT2D eigenvalue weighted by Crippen LogP contribution is 2.22. The van der Waals surface area contributed by atoms with Gasteiger partial charge in [0.2, 0.25) is 0 Å². The lowest BCUT2D eigenvalue weighted by atomic mass is 9.93. The van der Waals surface area contributed by atoms with Crippen molar-refractivity contribution < 1.29 is 9.90 Å². The number of benzene rings is 1. The third-order valence-electron chi connectivity index (χ3n) is 6.14. The highest BCUT2D eigenvalue weighted by atomic mass is 16.3. The van der Waals surface area contributed by atoms with Gasteiger partial charge in [-0.05, 0) is 69.5 Å². The van der Waals surface area contributed by atoms with Gasteiger partial charge in [0.1, 0.15) is 0 Å². The largest absolute Gasteiger partial charge is 0.396 e. The van der Waals surface area contributed by atoms with Crippen molar-refractivity contribution in [3.8, 4) is 0 Å². The maximum atomic E-state index is 12.5. The summed E-state index contributed by atoms with van der Waals surface area (Å²) in [6.45, 7) is 5.11. The normalized spacial score (nSPS) is 22.0. The first-order chi connectivity index (χ1) is 13.3. The number of piperidine rings is 2. The van der Waals surface area contributed by atoms with Crippen LogP contribution >= 0.6 is 0 Å². The van der Waals surface area contributed by atoms with E-state index in [4.69, 9.17) is 0 Å². The number of likely N-dealkylation sites (tertiary alicyclic amines) is 2. The summed E-state index contributed by atoms with van der Waals surface area (Å²) in [5.74, 6) is 0.715. The predicted molar refractivity (Wildman–Crippen MR) is 109 cm³/mol. The molecule has 0 radical (unpaired) electrons. The molecule has 2 amide bonds. The van der Waals surface area contributed by atoms with Crippen LogP contribution in [-0.4, -0.2) is 59.8 Å². The van der Waals surface area contributed by atoms with Crippen LogP contribution < -0.4 is 5.32 Å². The summed E-state index contributed by atoms with van der Waals surface area (Å²) in [6, 6.07) is 11.0.